The number of carbonyl (C=O) groups is 2. The summed E-state index contributed by atoms with van der Waals surface area (Å²) in [6.45, 7) is 0.271. The molecule has 0 saturated heterocycles. The highest BCUT2D eigenvalue weighted by Gasteiger charge is 2.31. The van der Waals surface area contributed by atoms with Gasteiger partial charge < -0.3 is 15.8 Å². The number of primary amides is 1. The Kier molecular flexibility index (Phi) is 5.55. The molecular formula is C19H20N4O5. The Balaban J connectivity index is 1.77. The third-order valence-corrected chi connectivity index (χ3v) is 4.70. The first-order valence-corrected chi connectivity index (χ1v) is 8.61. The number of hydrogen-bond acceptors (Lipinski definition) is 6. The Morgan fingerprint density at radius 1 is 1.29 bits per heavy atom. The summed E-state index contributed by atoms with van der Waals surface area (Å²) in [7, 11) is 1.40. The molecule has 9 nitrogen and oxygen atoms in total. The van der Waals surface area contributed by atoms with Crippen molar-refractivity contribution in [1.29, 1.82) is 0 Å². The van der Waals surface area contributed by atoms with E-state index in [1.165, 1.54) is 25.3 Å². The van der Waals surface area contributed by atoms with Crippen LogP contribution in [0.1, 0.15) is 11.1 Å². The number of benzene rings is 2. The molecule has 1 heterocycles. The molecule has 0 aliphatic carbocycles. The van der Waals surface area contributed by atoms with Crippen molar-refractivity contribution in [3.63, 3.8) is 0 Å². The molecule has 2 amide bonds. The third-order valence-electron chi connectivity index (χ3n) is 4.70. The van der Waals surface area contributed by atoms with Gasteiger partial charge >= 0.3 is 0 Å². The molecule has 0 spiro atoms. The molecule has 28 heavy (non-hydrogen) atoms. The molecule has 146 valence electrons. The van der Waals surface area contributed by atoms with Crippen molar-refractivity contribution in [2.75, 3.05) is 19.0 Å². The van der Waals surface area contributed by atoms with Gasteiger partial charge in [-0.05, 0) is 29.7 Å². The van der Waals surface area contributed by atoms with Crippen molar-refractivity contribution in [1.82, 2.24) is 4.90 Å². The second kappa shape index (κ2) is 8.05. The van der Waals surface area contributed by atoms with E-state index in [4.69, 9.17) is 10.5 Å². The number of fused-ring (bicyclic) bond motifs is 1. The van der Waals surface area contributed by atoms with E-state index in [1.54, 1.807) is 4.90 Å². The lowest BCUT2D eigenvalue weighted by molar-refractivity contribution is -0.384. The molecule has 0 saturated carbocycles. The van der Waals surface area contributed by atoms with Crippen LogP contribution in [0.5, 0.6) is 5.75 Å². The monoisotopic (exact) mass is 384 g/mol. The number of ether oxygens (including phenoxy) is 1. The van der Waals surface area contributed by atoms with Crippen LogP contribution in [-0.4, -0.2) is 41.3 Å². The number of anilines is 1. The van der Waals surface area contributed by atoms with Crippen LogP contribution < -0.4 is 15.8 Å². The van der Waals surface area contributed by atoms with Gasteiger partial charge in [0.05, 0.1) is 30.7 Å². The normalized spacial score (nSPS) is 16.1. The van der Waals surface area contributed by atoms with E-state index in [2.05, 4.69) is 5.32 Å². The predicted octanol–water partition coefficient (Wildman–Crippen LogP) is 1.45. The Morgan fingerprint density at radius 2 is 2.00 bits per heavy atom. The lowest BCUT2D eigenvalue weighted by atomic mass is 9.93. The Bertz CT molecular complexity index is 930. The highest BCUT2D eigenvalue weighted by atomic mass is 16.6. The molecule has 1 aliphatic heterocycles. The van der Waals surface area contributed by atoms with Gasteiger partial charge in [-0.1, -0.05) is 24.3 Å². The number of nitrogens with two attached hydrogens (primary N) is 1. The van der Waals surface area contributed by atoms with Gasteiger partial charge in [0.15, 0.2) is 0 Å². The number of amides is 2. The van der Waals surface area contributed by atoms with Crippen LogP contribution >= 0.6 is 0 Å². The summed E-state index contributed by atoms with van der Waals surface area (Å²) in [4.78, 5) is 36.8. The molecule has 1 aliphatic rings. The van der Waals surface area contributed by atoms with Crippen LogP contribution in [0.3, 0.4) is 0 Å². The van der Waals surface area contributed by atoms with Crippen LogP contribution in [0.4, 0.5) is 11.4 Å². The van der Waals surface area contributed by atoms with Crippen LogP contribution in [-0.2, 0) is 22.6 Å². The minimum Gasteiger partial charge on any atom is -0.496 e. The molecule has 9 heteroatoms. The maximum absolute atomic E-state index is 12.5. The lowest BCUT2D eigenvalue weighted by Crippen LogP contribution is -2.50. The number of nitrogens with zero attached hydrogens (tertiary/aromatic N) is 2. The van der Waals surface area contributed by atoms with Crippen molar-refractivity contribution in [3.05, 3.63) is 63.7 Å². The van der Waals surface area contributed by atoms with Gasteiger partial charge in [-0.2, -0.15) is 0 Å². The second-order valence-corrected chi connectivity index (χ2v) is 6.48. The first-order chi connectivity index (χ1) is 13.4. The third kappa shape index (κ3) is 4.09. The van der Waals surface area contributed by atoms with Gasteiger partial charge in [0.2, 0.25) is 11.8 Å². The zero-order valence-electron chi connectivity index (χ0n) is 15.3. The van der Waals surface area contributed by atoms with Crippen molar-refractivity contribution in [3.8, 4) is 5.75 Å². The van der Waals surface area contributed by atoms with E-state index in [1.807, 2.05) is 24.3 Å². The largest absolute Gasteiger partial charge is 0.496 e. The van der Waals surface area contributed by atoms with Crippen molar-refractivity contribution in [2.24, 2.45) is 5.73 Å². The molecule has 0 fully saturated rings. The number of nitrogens with one attached hydrogen (secondary N) is 1. The molecule has 2 aromatic carbocycles. The van der Waals surface area contributed by atoms with Crippen LogP contribution in [0.25, 0.3) is 0 Å². The highest BCUT2D eigenvalue weighted by molar-refractivity contribution is 5.95. The molecule has 2 aromatic rings. The van der Waals surface area contributed by atoms with E-state index < -0.39 is 22.8 Å². The maximum Gasteiger partial charge on any atom is 0.296 e. The molecule has 3 N–H and O–H groups in total. The zero-order valence-corrected chi connectivity index (χ0v) is 15.3. The summed E-state index contributed by atoms with van der Waals surface area (Å²) in [5.74, 6) is -0.678. The number of hydrogen-bond donors (Lipinski definition) is 2. The molecule has 0 bridgehead atoms. The summed E-state index contributed by atoms with van der Waals surface area (Å²) in [6.07, 6.45) is 0.418. The van der Waals surface area contributed by atoms with Crippen molar-refractivity contribution >= 4 is 23.2 Å². The quantitative estimate of drug-likeness (QED) is 0.573. The number of methoxy groups -OCH3 is 1. The first-order valence-electron chi connectivity index (χ1n) is 8.61. The Morgan fingerprint density at radius 3 is 2.64 bits per heavy atom. The van der Waals surface area contributed by atoms with Crippen LogP contribution in [0.15, 0.2) is 42.5 Å². The molecule has 0 radical (unpaired) electrons. The summed E-state index contributed by atoms with van der Waals surface area (Å²) in [5.41, 5.74) is 7.35. The smallest absolute Gasteiger partial charge is 0.296 e. The van der Waals surface area contributed by atoms with E-state index in [-0.39, 0.29) is 17.9 Å². The molecule has 0 aromatic heterocycles. The number of nitro benzene ring substituents is 1. The zero-order chi connectivity index (χ0) is 20.3. The topological polar surface area (TPSA) is 128 Å². The van der Waals surface area contributed by atoms with Crippen molar-refractivity contribution in [2.45, 2.75) is 19.0 Å². The summed E-state index contributed by atoms with van der Waals surface area (Å²) >= 11 is 0. The van der Waals surface area contributed by atoms with Gasteiger partial charge in [-0.3, -0.25) is 24.6 Å². The van der Waals surface area contributed by atoms with Gasteiger partial charge in [0.1, 0.15) is 11.4 Å². The predicted molar refractivity (Wildman–Crippen MR) is 102 cm³/mol. The molecule has 0 unspecified atom stereocenters. The maximum atomic E-state index is 12.5. The van der Waals surface area contributed by atoms with E-state index >= 15 is 0 Å². The average Bonchev–Trinajstić information content (AvgIpc) is 2.67. The lowest BCUT2D eigenvalue weighted by Gasteiger charge is -2.34. The minimum absolute atomic E-state index is 0.0591. The van der Waals surface area contributed by atoms with Crippen LogP contribution in [0, 0.1) is 10.1 Å². The highest BCUT2D eigenvalue weighted by Crippen LogP contribution is 2.29. The summed E-state index contributed by atoms with van der Waals surface area (Å²) in [5, 5.41) is 13.8. The molecule has 1 atom stereocenters. The fourth-order valence-electron chi connectivity index (χ4n) is 3.29. The van der Waals surface area contributed by atoms with Gasteiger partial charge in [0.25, 0.3) is 5.69 Å². The van der Waals surface area contributed by atoms with Crippen molar-refractivity contribution < 1.29 is 19.2 Å². The van der Waals surface area contributed by atoms with Gasteiger partial charge in [-0.15, -0.1) is 0 Å². The number of rotatable bonds is 6. The number of carbonyl (C=O) groups excluding carboxylic acids is 2. The second-order valence-electron chi connectivity index (χ2n) is 6.48. The van der Waals surface area contributed by atoms with Crippen LogP contribution in [0.2, 0.25) is 0 Å². The average molecular weight is 384 g/mol. The van der Waals surface area contributed by atoms with Gasteiger partial charge in [-0.25, -0.2) is 0 Å². The Labute approximate surface area is 161 Å². The van der Waals surface area contributed by atoms with E-state index in [9.17, 15) is 19.7 Å². The standard InChI is InChI=1S/C19H20N4O5/c1-28-14-6-7-15(16(9-14)23(26)27)21-18(24)11-22-10-13-5-3-2-4-12(13)8-17(22)19(20)25/h2-7,9,17H,8,10-11H2,1H3,(H2,20,25)(H,21,24)/t17-/m0/s1. The van der Waals surface area contributed by atoms with E-state index in [0.29, 0.717) is 18.7 Å². The summed E-state index contributed by atoms with van der Waals surface area (Å²) < 4.78 is 4.98. The Hall–Kier alpha value is -3.46. The SMILES string of the molecule is COc1ccc(NC(=O)CN2Cc3ccccc3C[C@H]2C(N)=O)c([N+](=O)[O-])c1. The fourth-order valence-corrected chi connectivity index (χ4v) is 3.29. The van der Waals surface area contributed by atoms with E-state index in [0.717, 1.165) is 11.1 Å². The molecule has 3 rings (SSSR count). The molecular weight excluding hydrogens is 364 g/mol. The number of nitro groups is 1. The first kappa shape index (κ1) is 19.3. The van der Waals surface area contributed by atoms with Gasteiger partial charge in [0, 0.05) is 6.54 Å². The fraction of sp³-hybridized carbons (Fsp3) is 0.263. The summed E-state index contributed by atoms with van der Waals surface area (Å²) in [6, 6.07) is 11.2. The minimum atomic E-state index is -0.619.